The Hall–Kier alpha value is -3.66. The van der Waals surface area contributed by atoms with Crippen LogP contribution >= 0.6 is 0 Å². The molecule has 0 atom stereocenters. The van der Waals surface area contributed by atoms with Crippen LogP contribution in [0.3, 0.4) is 0 Å². The van der Waals surface area contributed by atoms with E-state index in [2.05, 4.69) is 54.6 Å². The van der Waals surface area contributed by atoms with Crippen molar-refractivity contribution in [3.63, 3.8) is 0 Å². The lowest BCUT2D eigenvalue weighted by molar-refractivity contribution is 1.46. The monoisotopic (exact) mass is 330 g/mol. The Morgan fingerprint density at radius 1 is 0.423 bits per heavy atom. The van der Waals surface area contributed by atoms with Gasteiger partial charge in [-0.05, 0) is 74.5 Å². The molecule has 0 aromatic heterocycles. The Morgan fingerprint density at radius 3 is 1.00 bits per heavy atom. The molecule has 0 unspecified atom stereocenters. The van der Waals surface area contributed by atoms with E-state index >= 15 is 0 Å². The summed E-state index contributed by atoms with van der Waals surface area (Å²) >= 11 is 0. The van der Waals surface area contributed by atoms with E-state index in [0.29, 0.717) is 0 Å². The molecule has 0 amide bonds. The lowest BCUT2D eigenvalue weighted by atomic mass is 10.1. The third-order valence-electron chi connectivity index (χ3n) is 3.79. The summed E-state index contributed by atoms with van der Waals surface area (Å²) < 4.78 is 0. The minimum Gasteiger partial charge on any atom is -0.101 e. The zero-order valence-electron chi connectivity index (χ0n) is 14.9. The summed E-state index contributed by atoms with van der Waals surface area (Å²) in [6, 6.07) is 24.2. The third-order valence-corrected chi connectivity index (χ3v) is 3.79. The smallest absolute Gasteiger partial charge is 0.0249 e. The average molecular weight is 330 g/mol. The van der Waals surface area contributed by atoms with Crippen molar-refractivity contribution in [2.75, 3.05) is 0 Å². The summed E-state index contributed by atoms with van der Waals surface area (Å²) in [6.07, 6.45) is 0. The highest BCUT2D eigenvalue weighted by molar-refractivity contribution is 5.49. The topological polar surface area (TPSA) is 0 Å². The van der Waals surface area contributed by atoms with Crippen molar-refractivity contribution in [2.24, 2.45) is 0 Å². The summed E-state index contributed by atoms with van der Waals surface area (Å²) in [5, 5.41) is 0. The lowest BCUT2D eigenvalue weighted by Gasteiger charge is -1.94. The summed E-state index contributed by atoms with van der Waals surface area (Å²) in [4.78, 5) is 0. The van der Waals surface area contributed by atoms with Crippen molar-refractivity contribution in [2.45, 2.75) is 13.8 Å². The first-order chi connectivity index (χ1) is 12.7. The fourth-order valence-electron chi connectivity index (χ4n) is 2.34. The molecule has 26 heavy (non-hydrogen) atoms. The van der Waals surface area contributed by atoms with Crippen molar-refractivity contribution in [3.8, 4) is 35.5 Å². The van der Waals surface area contributed by atoms with E-state index in [-0.39, 0.29) is 0 Å². The van der Waals surface area contributed by atoms with E-state index in [0.717, 1.165) is 27.8 Å². The third kappa shape index (κ3) is 4.92. The van der Waals surface area contributed by atoms with Gasteiger partial charge in [-0.3, -0.25) is 0 Å². The number of rotatable bonds is 0. The molecule has 0 nitrogen and oxygen atoms in total. The van der Waals surface area contributed by atoms with Gasteiger partial charge in [-0.15, -0.1) is 5.92 Å². The lowest BCUT2D eigenvalue weighted by Crippen LogP contribution is -1.80. The SMILES string of the molecule is CC#Cc1ccc(C#Cc2ccc(C#Cc3ccc(C)cc3)cc2)cc1. The Kier molecular flexibility index (Phi) is 5.58. The van der Waals surface area contributed by atoms with Crippen molar-refractivity contribution in [1.82, 2.24) is 0 Å². The van der Waals surface area contributed by atoms with E-state index in [4.69, 9.17) is 0 Å². The molecule has 3 aromatic carbocycles. The second-order valence-corrected chi connectivity index (χ2v) is 5.90. The normalized spacial score (nSPS) is 9.00. The van der Waals surface area contributed by atoms with Crippen LogP contribution in [0.25, 0.3) is 0 Å². The fourth-order valence-corrected chi connectivity index (χ4v) is 2.34. The Bertz CT molecular complexity index is 1060. The van der Waals surface area contributed by atoms with Crippen LogP contribution in [-0.4, -0.2) is 0 Å². The Morgan fingerprint density at radius 2 is 0.692 bits per heavy atom. The molecule has 0 bridgehead atoms. The molecule has 3 rings (SSSR count). The van der Waals surface area contributed by atoms with Crippen LogP contribution in [0, 0.1) is 42.4 Å². The van der Waals surface area contributed by atoms with E-state index in [1.54, 1.807) is 0 Å². The second kappa shape index (κ2) is 8.44. The van der Waals surface area contributed by atoms with Gasteiger partial charge in [0, 0.05) is 27.8 Å². The fraction of sp³-hybridized carbons (Fsp3) is 0.0769. The standard InChI is InChI=1S/C26H18/c1-3-4-22-9-11-24(12-10-22)15-16-26-19-17-25(18-20-26)14-13-23-7-5-21(2)6-8-23/h5-12,17-20H,1-2H3. The van der Waals surface area contributed by atoms with Crippen molar-refractivity contribution < 1.29 is 0 Å². The van der Waals surface area contributed by atoms with Gasteiger partial charge in [-0.2, -0.15) is 0 Å². The molecule has 3 aromatic rings. The second-order valence-electron chi connectivity index (χ2n) is 5.90. The Labute approximate surface area is 155 Å². The molecule has 0 aliphatic heterocycles. The highest BCUT2D eigenvalue weighted by Gasteiger charge is 1.91. The zero-order valence-corrected chi connectivity index (χ0v) is 14.9. The molecular weight excluding hydrogens is 312 g/mol. The van der Waals surface area contributed by atoms with Gasteiger partial charge >= 0.3 is 0 Å². The maximum absolute atomic E-state index is 3.19. The number of benzene rings is 3. The first kappa shape index (κ1) is 17.2. The molecule has 0 aliphatic rings. The van der Waals surface area contributed by atoms with E-state index < -0.39 is 0 Å². The van der Waals surface area contributed by atoms with Crippen LogP contribution in [-0.2, 0) is 0 Å². The highest BCUT2D eigenvalue weighted by Crippen LogP contribution is 2.06. The predicted octanol–water partition coefficient (Wildman–Crippen LogP) is 5.17. The van der Waals surface area contributed by atoms with E-state index in [9.17, 15) is 0 Å². The molecule has 0 N–H and O–H groups in total. The van der Waals surface area contributed by atoms with Gasteiger partial charge < -0.3 is 0 Å². The van der Waals surface area contributed by atoms with Crippen molar-refractivity contribution in [1.29, 1.82) is 0 Å². The molecule has 0 fully saturated rings. The van der Waals surface area contributed by atoms with Gasteiger partial charge in [-0.1, -0.05) is 47.3 Å². The molecule has 0 saturated carbocycles. The highest BCUT2D eigenvalue weighted by atomic mass is 13.9. The van der Waals surface area contributed by atoms with Gasteiger partial charge in [0.2, 0.25) is 0 Å². The zero-order chi connectivity index (χ0) is 18.2. The van der Waals surface area contributed by atoms with Crippen molar-refractivity contribution >= 4 is 0 Å². The van der Waals surface area contributed by atoms with Crippen molar-refractivity contribution in [3.05, 3.63) is 106 Å². The maximum Gasteiger partial charge on any atom is 0.0249 e. The molecule has 0 aliphatic carbocycles. The van der Waals surface area contributed by atoms with Crippen LogP contribution < -0.4 is 0 Å². The minimum absolute atomic E-state index is 0.975. The molecule has 0 spiro atoms. The van der Waals surface area contributed by atoms with Gasteiger partial charge in [0.25, 0.3) is 0 Å². The van der Waals surface area contributed by atoms with Gasteiger partial charge in [0.15, 0.2) is 0 Å². The van der Waals surface area contributed by atoms with Crippen LogP contribution in [0.4, 0.5) is 0 Å². The molecular formula is C26H18. The van der Waals surface area contributed by atoms with E-state index in [1.165, 1.54) is 5.56 Å². The van der Waals surface area contributed by atoms with Crippen LogP contribution in [0.2, 0.25) is 0 Å². The van der Waals surface area contributed by atoms with Gasteiger partial charge in [-0.25, -0.2) is 0 Å². The average Bonchev–Trinajstić information content (AvgIpc) is 2.68. The number of hydrogen-bond acceptors (Lipinski definition) is 0. The summed E-state index contributed by atoms with van der Waals surface area (Å²) in [6.45, 7) is 3.91. The van der Waals surface area contributed by atoms with Crippen LogP contribution in [0.1, 0.15) is 40.3 Å². The Balaban J connectivity index is 1.70. The summed E-state index contributed by atoms with van der Waals surface area (Å²) in [5.41, 5.74) is 6.22. The quantitative estimate of drug-likeness (QED) is 0.499. The first-order valence-electron chi connectivity index (χ1n) is 8.46. The summed E-state index contributed by atoms with van der Waals surface area (Å²) in [5.74, 6) is 18.7. The first-order valence-corrected chi connectivity index (χ1v) is 8.46. The maximum atomic E-state index is 3.19. The van der Waals surface area contributed by atoms with Gasteiger partial charge in [0.05, 0.1) is 0 Å². The molecule has 122 valence electrons. The number of aryl methyl sites for hydroxylation is 1. The molecule has 0 heterocycles. The molecule has 0 radical (unpaired) electrons. The van der Waals surface area contributed by atoms with Crippen LogP contribution in [0.5, 0.6) is 0 Å². The largest absolute Gasteiger partial charge is 0.101 e. The summed E-state index contributed by atoms with van der Waals surface area (Å²) in [7, 11) is 0. The molecule has 0 saturated heterocycles. The minimum atomic E-state index is 0.975. The van der Waals surface area contributed by atoms with Crippen LogP contribution in [0.15, 0.2) is 72.8 Å². The predicted molar refractivity (Wildman–Crippen MR) is 109 cm³/mol. The van der Waals surface area contributed by atoms with E-state index in [1.807, 2.05) is 67.6 Å². The molecule has 0 heteroatoms. The number of hydrogen-bond donors (Lipinski definition) is 0. The van der Waals surface area contributed by atoms with Gasteiger partial charge in [0.1, 0.15) is 0 Å².